The monoisotopic (exact) mass is 744 g/mol. The predicted octanol–water partition coefficient (Wildman–Crippen LogP) is 12.3. The molecule has 0 aromatic heterocycles. The number of anilines is 6. The number of benzene rings is 9. The molecule has 0 spiro atoms. The third-order valence-corrected chi connectivity index (χ3v) is 11.5. The number of hydrogen-bond donors (Lipinski definition) is 0. The van der Waals surface area contributed by atoms with E-state index < -0.39 is 0 Å². The molecule has 0 atom stereocenters. The van der Waals surface area contributed by atoms with Gasteiger partial charge in [0.05, 0.1) is 11.4 Å². The van der Waals surface area contributed by atoms with E-state index in [-0.39, 0.29) is 6.71 Å². The molecule has 0 radical (unpaired) electrons. The standard InChI is InChI=1S/C52H33BN2O3/c1-5-16-34(17-6-1)54(35-18-7-2-8-19-35)38-30-49-52-50(31-38)58-48-32-41-39-28-29-44(55(36-20-9-3-10-21-36)37-22-11-4-12-23-37)40-24-15-27-46(51(39)40)57-47(41)33-43(48)53(52)42-25-13-14-26-45(42)56-49/h1-33H. The molecule has 3 aliphatic heterocycles. The number of hydrogen-bond acceptors (Lipinski definition) is 5. The molecular formula is C52H33BN2O3. The van der Waals surface area contributed by atoms with Crippen LogP contribution in [0.2, 0.25) is 0 Å². The van der Waals surface area contributed by atoms with E-state index in [1.807, 2.05) is 18.2 Å². The van der Waals surface area contributed by atoms with Gasteiger partial charge in [-0.1, -0.05) is 109 Å². The summed E-state index contributed by atoms with van der Waals surface area (Å²) < 4.78 is 20.7. The Balaban J connectivity index is 1.04. The molecule has 0 saturated carbocycles. The first-order valence-corrected chi connectivity index (χ1v) is 19.6. The number of rotatable bonds is 6. The first-order valence-electron chi connectivity index (χ1n) is 19.6. The molecule has 9 aromatic rings. The molecule has 272 valence electrons. The van der Waals surface area contributed by atoms with Crippen molar-refractivity contribution in [3.05, 3.63) is 200 Å². The molecule has 3 aliphatic rings. The van der Waals surface area contributed by atoms with E-state index in [9.17, 15) is 0 Å². The summed E-state index contributed by atoms with van der Waals surface area (Å²) in [5.74, 6) is 4.83. The van der Waals surface area contributed by atoms with Crippen LogP contribution >= 0.6 is 0 Å². The normalized spacial score (nSPS) is 12.5. The van der Waals surface area contributed by atoms with Crippen molar-refractivity contribution in [1.82, 2.24) is 0 Å². The van der Waals surface area contributed by atoms with E-state index >= 15 is 0 Å². The Hall–Kier alpha value is -7.70. The summed E-state index contributed by atoms with van der Waals surface area (Å²) in [5.41, 5.74) is 11.5. The van der Waals surface area contributed by atoms with Gasteiger partial charge in [-0.3, -0.25) is 0 Å². The van der Waals surface area contributed by atoms with E-state index in [4.69, 9.17) is 14.2 Å². The lowest BCUT2D eigenvalue weighted by molar-refractivity contribution is 0.461. The zero-order valence-corrected chi connectivity index (χ0v) is 31.2. The Morgan fingerprint density at radius 2 is 0.862 bits per heavy atom. The van der Waals surface area contributed by atoms with Crippen LogP contribution in [0.4, 0.5) is 34.1 Å². The number of fused-ring (bicyclic) bond motifs is 6. The first-order chi connectivity index (χ1) is 28.8. The third-order valence-electron chi connectivity index (χ3n) is 11.5. The summed E-state index contributed by atoms with van der Waals surface area (Å²) in [4.78, 5) is 4.57. The van der Waals surface area contributed by atoms with E-state index in [1.54, 1.807) is 0 Å². The van der Waals surface area contributed by atoms with Crippen LogP contribution in [0.15, 0.2) is 200 Å². The molecule has 12 rings (SSSR count). The largest absolute Gasteiger partial charge is 0.458 e. The van der Waals surface area contributed by atoms with Gasteiger partial charge in [0.15, 0.2) is 0 Å². The van der Waals surface area contributed by atoms with Crippen LogP contribution < -0.4 is 40.4 Å². The molecular weight excluding hydrogens is 711 g/mol. The minimum atomic E-state index is -0.117. The lowest BCUT2D eigenvalue weighted by atomic mass is 9.35. The fourth-order valence-corrected chi connectivity index (χ4v) is 9.05. The quantitative estimate of drug-likeness (QED) is 0.158. The van der Waals surface area contributed by atoms with E-state index in [2.05, 4.69) is 192 Å². The van der Waals surface area contributed by atoms with Crippen LogP contribution in [0.3, 0.4) is 0 Å². The molecule has 0 amide bonds. The smallest absolute Gasteiger partial charge is 0.260 e. The molecule has 0 aliphatic carbocycles. The van der Waals surface area contributed by atoms with E-state index in [1.165, 1.54) is 0 Å². The Kier molecular flexibility index (Phi) is 7.26. The molecule has 0 bridgehead atoms. The highest BCUT2D eigenvalue weighted by molar-refractivity contribution is 6.98. The molecule has 58 heavy (non-hydrogen) atoms. The van der Waals surface area contributed by atoms with Gasteiger partial charge < -0.3 is 24.0 Å². The fourth-order valence-electron chi connectivity index (χ4n) is 9.05. The van der Waals surface area contributed by atoms with E-state index in [0.29, 0.717) is 0 Å². The summed E-state index contributed by atoms with van der Waals surface area (Å²) in [5, 5.41) is 2.18. The SMILES string of the molecule is c1ccc(N(c2ccccc2)c2cc3c4c(c2)Oc2cc5c(cc2B4c2ccccc2O3)Oc2cccc3c(N(c4ccccc4)c4ccccc4)ccc-5c23)cc1. The summed E-state index contributed by atoms with van der Waals surface area (Å²) >= 11 is 0. The molecule has 9 aromatic carbocycles. The van der Waals surface area contributed by atoms with Gasteiger partial charge in [-0.2, -0.15) is 0 Å². The van der Waals surface area contributed by atoms with Gasteiger partial charge in [0.1, 0.15) is 34.5 Å². The van der Waals surface area contributed by atoms with Crippen molar-refractivity contribution in [3.8, 4) is 45.6 Å². The van der Waals surface area contributed by atoms with Crippen LogP contribution in [-0.2, 0) is 0 Å². The van der Waals surface area contributed by atoms with Crippen LogP contribution in [0.25, 0.3) is 21.9 Å². The second kappa shape index (κ2) is 12.9. The average Bonchev–Trinajstić information content (AvgIpc) is 3.28. The highest BCUT2D eigenvalue weighted by Gasteiger charge is 2.42. The zero-order chi connectivity index (χ0) is 38.2. The lowest BCUT2D eigenvalue weighted by Crippen LogP contribution is -2.57. The molecule has 0 saturated heterocycles. The number of para-hydroxylation sites is 5. The molecule has 3 heterocycles. The average molecular weight is 745 g/mol. The van der Waals surface area contributed by atoms with Crippen molar-refractivity contribution in [2.24, 2.45) is 0 Å². The molecule has 0 N–H and O–H groups in total. The van der Waals surface area contributed by atoms with Crippen molar-refractivity contribution in [2.45, 2.75) is 0 Å². The van der Waals surface area contributed by atoms with Crippen molar-refractivity contribution in [2.75, 3.05) is 9.80 Å². The second-order valence-corrected chi connectivity index (χ2v) is 14.8. The Morgan fingerprint density at radius 3 is 1.50 bits per heavy atom. The summed E-state index contributed by atoms with van der Waals surface area (Å²) in [6.07, 6.45) is 0. The summed E-state index contributed by atoms with van der Waals surface area (Å²) in [6, 6.07) is 69.8. The number of nitrogens with zero attached hydrogens (tertiary/aromatic N) is 2. The molecule has 0 unspecified atom stereocenters. The van der Waals surface area contributed by atoms with Gasteiger partial charge in [0, 0.05) is 56.7 Å². The van der Waals surface area contributed by atoms with Crippen molar-refractivity contribution in [1.29, 1.82) is 0 Å². The molecule has 0 fully saturated rings. The van der Waals surface area contributed by atoms with Crippen LogP contribution in [0.1, 0.15) is 0 Å². The summed E-state index contributed by atoms with van der Waals surface area (Å²) in [7, 11) is 0. The molecule has 6 heteroatoms. The van der Waals surface area contributed by atoms with Crippen molar-refractivity contribution in [3.63, 3.8) is 0 Å². The third kappa shape index (κ3) is 5.05. The van der Waals surface area contributed by atoms with Crippen LogP contribution in [0, 0.1) is 0 Å². The minimum Gasteiger partial charge on any atom is -0.458 e. The topological polar surface area (TPSA) is 34.2 Å². The van der Waals surface area contributed by atoms with Gasteiger partial charge in [-0.15, -0.1) is 0 Å². The van der Waals surface area contributed by atoms with Crippen LogP contribution in [-0.4, -0.2) is 6.71 Å². The Labute approximate surface area is 336 Å². The number of ether oxygens (including phenoxy) is 3. The maximum absolute atomic E-state index is 7.06. The maximum Gasteiger partial charge on any atom is 0.260 e. The second-order valence-electron chi connectivity index (χ2n) is 14.8. The highest BCUT2D eigenvalue weighted by Crippen LogP contribution is 2.52. The van der Waals surface area contributed by atoms with Gasteiger partial charge in [-0.25, -0.2) is 0 Å². The van der Waals surface area contributed by atoms with E-state index in [0.717, 1.165) is 107 Å². The van der Waals surface area contributed by atoms with Crippen LogP contribution in [0.5, 0.6) is 34.5 Å². The van der Waals surface area contributed by atoms with Gasteiger partial charge in [0.25, 0.3) is 6.71 Å². The highest BCUT2D eigenvalue weighted by atomic mass is 16.5. The Morgan fingerprint density at radius 1 is 0.328 bits per heavy atom. The summed E-state index contributed by atoms with van der Waals surface area (Å²) in [6.45, 7) is -0.117. The molecule has 5 nitrogen and oxygen atoms in total. The zero-order valence-electron chi connectivity index (χ0n) is 31.2. The van der Waals surface area contributed by atoms with Gasteiger partial charge >= 0.3 is 0 Å². The van der Waals surface area contributed by atoms with Crippen molar-refractivity contribution < 1.29 is 14.2 Å². The first kappa shape index (κ1) is 32.5. The van der Waals surface area contributed by atoms with Crippen molar-refractivity contribution >= 4 is 68.0 Å². The lowest BCUT2D eigenvalue weighted by Gasteiger charge is -2.35. The van der Waals surface area contributed by atoms with Gasteiger partial charge in [-0.05, 0) is 95.4 Å². The fraction of sp³-hybridized carbons (Fsp3) is 0. The predicted molar refractivity (Wildman–Crippen MR) is 237 cm³/mol. The Bertz CT molecular complexity index is 2970. The van der Waals surface area contributed by atoms with Gasteiger partial charge in [0.2, 0.25) is 0 Å². The maximum atomic E-state index is 7.06. The minimum absolute atomic E-state index is 0.117.